The van der Waals surface area contributed by atoms with Gasteiger partial charge in [-0.25, -0.2) is 0 Å². The largest absolute Gasteiger partial charge is 0 e. The zero-order valence-electron chi connectivity index (χ0n) is 2.71. The molecule has 0 bridgehead atoms. The summed E-state index contributed by atoms with van der Waals surface area (Å²) in [5.74, 6) is 0. The fourth-order valence-electron chi connectivity index (χ4n) is 0. The van der Waals surface area contributed by atoms with E-state index in [9.17, 15) is 0 Å². The molecular weight excluding hydrogens is 212 g/mol. The van der Waals surface area contributed by atoms with Crippen molar-refractivity contribution in [3.05, 3.63) is 0 Å². The third-order valence-corrected chi connectivity index (χ3v) is 0. The van der Waals surface area contributed by atoms with Crippen molar-refractivity contribution >= 4 is 72.7 Å². The zero-order chi connectivity index (χ0) is 3.58. The molecule has 5 heavy (non-hydrogen) atoms. The van der Waals surface area contributed by atoms with E-state index in [1.54, 1.807) is 0 Å². The molecule has 1 radical (unpaired) electrons. The van der Waals surface area contributed by atoms with E-state index in [-0.39, 0.29) is 58.2 Å². The van der Waals surface area contributed by atoms with E-state index in [0.29, 0.717) is 0 Å². The summed E-state index contributed by atoms with van der Waals surface area (Å²) in [4.78, 5) is 0. The first-order valence-corrected chi connectivity index (χ1v) is 2.76. The second kappa shape index (κ2) is 6.04. The molecule has 0 aromatic heterocycles. The minimum absolute atomic E-state index is 0. The average molecular weight is 214 g/mol. The Kier molecular flexibility index (Phi) is 12.2. The Morgan fingerprint density at radius 2 is 1.40 bits per heavy atom. The maximum Gasteiger partial charge on any atom is 0 e. The van der Waals surface area contributed by atoms with Crippen molar-refractivity contribution in [3.63, 3.8) is 0 Å². The summed E-state index contributed by atoms with van der Waals surface area (Å²) in [7, 11) is 0. The van der Waals surface area contributed by atoms with E-state index in [1.807, 2.05) is 0 Å². The summed E-state index contributed by atoms with van der Waals surface area (Å²) in [5, 5.41) is 0. The summed E-state index contributed by atoms with van der Waals surface area (Å²) in [5.41, 5.74) is 0. The predicted octanol–water partition coefficient (Wildman–Crippen LogP) is -1.99. The van der Waals surface area contributed by atoms with Crippen LogP contribution in [0, 0.1) is 0 Å². The molecular formula is H2O3RbSe. The Bertz CT molecular complexity index is 29.9. The molecule has 0 heterocycles. The van der Waals surface area contributed by atoms with Gasteiger partial charge in [0.15, 0.2) is 0 Å². The zero-order valence-corrected chi connectivity index (χ0v) is 9.34. The topological polar surface area (TPSA) is 57.5 Å². The van der Waals surface area contributed by atoms with Crippen molar-refractivity contribution in [1.82, 2.24) is 0 Å². The molecule has 0 rings (SSSR count). The van der Waals surface area contributed by atoms with Gasteiger partial charge in [-0.2, -0.15) is 0 Å². The van der Waals surface area contributed by atoms with Crippen LogP contribution >= 0.6 is 0 Å². The van der Waals surface area contributed by atoms with Crippen LogP contribution in [0.1, 0.15) is 0 Å². The van der Waals surface area contributed by atoms with Gasteiger partial charge in [-0.3, -0.25) is 0 Å². The Labute approximate surface area is 82.9 Å². The maximum atomic E-state index is 8.76. The van der Waals surface area contributed by atoms with E-state index >= 15 is 0 Å². The normalized spacial score (nSPS) is 7.00. The Balaban J connectivity index is 0. The first kappa shape index (κ1) is 10.1. The van der Waals surface area contributed by atoms with Crippen LogP contribution in [0.25, 0.3) is 0 Å². The van der Waals surface area contributed by atoms with Crippen molar-refractivity contribution in [2.24, 2.45) is 0 Å². The number of hydrogen-bond donors (Lipinski definition) is 2. The predicted molar refractivity (Wildman–Crippen MR) is 16.6 cm³/mol. The number of hydrogen-bond acceptors (Lipinski definition) is 1. The minimum atomic E-state index is -3.29. The molecule has 0 atom stereocenters. The van der Waals surface area contributed by atoms with Crippen molar-refractivity contribution in [1.29, 1.82) is 0 Å². The fraction of sp³-hybridized carbons (Fsp3) is 0. The van der Waals surface area contributed by atoms with Gasteiger partial charge in [0.2, 0.25) is 0 Å². The molecule has 5 heteroatoms. The molecule has 0 spiro atoms. The van der Waals surface area contributed by atoms with E-state index < -0.39 is 14.5 Å². The van der Waals surface area contributed by atoms with Gasteiger partial charge in [0.25, 0.3) is 0 Å². The molecule has 0 aromatic rings. The third kappa shape index (κ3) is 23.7. The molecule has 0 amide bonds. The first-order chi connectivity index (χ1) is 1.73. The molecule has 0 aliphatic carbocycles. The molecule has 27 valence electrons. The van der Waals surface area contributed by atoms with Crippen LogP contribution in [0.3, 0.4) is 0 Å². The Morgan fingerprint density at radius 1 is 1.40 bits per heavy atom. The molecule has 0 aromatic carbocycles. The molecule has 0 aliphatic rings. The molecule has 0 unspecified atom stereocenters. The van der Waals surface area contributed by atoms with Gasteiger partial charge in [-0.15, -0.1) is 0 Å². The third-order valence-electron chi connectivity index (χ3n) is 0. The van der Waals surface area contributed by atoms with Crippen molar-refractivity contribution in [2.75, 3.05) is 0 Å². The van der Waals surface area contributed by atoms with Crippen molar-refractivity contribution in [2.45, 2.75) is 0 Å². The summed E-state index contributed by atoms with van der Waals surface area (Å²) < 4.78 is 23.1. The molecule has 0 saturated heterocycles. The fourth-order valence-corrected chi connectivity index (χ4v) is 0. The molecule has 3 nitrogen and oxygen atoms in total. The van der Waals surface area contributed by atoms with Crippen LogP contribution in [-0.4, -0.2) is 81.1 Å². The average Bonchev–Trinajstić information content (AvgIpc) is 0.811. The number of rotatable bonds is 0. The van der Waals surface area contributed by atoms with Crippen LogP contribution in [-0.2, 0) is 3.83 Å². The van der Waals surface area contributed by atoms with Crippen LogP contribution < -0.4 is 0 Å². The van der Waals surface area contributed by atoms with Gasteiger partial charge >= 0.3 is 26.7 Å². The van der Waals surface area contributed by atoms with Gasteiger partial charge < -0.3 is 0 Å². The smallest absolute Gasteiger partial charge is 0 e. The van der Waals surface area contributed by atoms with E-state index in [2.05, 4.69) is 0 Å². The van der Waals surface area contributed by atoms with Gasteiger partial charge in [0.1, 0.15) is 0 Å². The molecule has 0 aliphatic heterocycles. The minimum Gasteiger partial charge on any atom is 0 e. The van der Waals surface area contributed by atoms with Crippen molar-refractivity contribution in [3.8, 4) is 0 Å². The van der Waals surface area contributed by atoms with E-state index in [4.69, 9.17) is 12.2 Å². The van der Waals surface area contributed by atoms with Crippen LogP contribution in [0.4, 0.5) is 0 Å². The quantitative estimate of drug-likeness (QED) is 0.459. The second-order valence-electron chi connectivity index (χ2n) is 0.231. The van der Waals surface area contributed by atoms with Crippen LogP contribution in [0.15, 0.2) is 0 Å². The Morgan fingerprint density at radius 3 is 1.40 bits per heavy atom. The monoisotopic (exact) mass is 215 g/mol. The summed E-state index contributed by atoms with van der Waals surface area (Å²) in [6, 6.07) is 0. The second-order valence-corrected chi connectivity index (χ2v) is 1.20. The summed E-state index contributed by atoms with van der Waals surface area (Å²) >= 11 is -3.29. The van der Waals surface area contributed by atoms with E-state index in [0.717, 1.165) is 0 Å². The van der Waals surface area contributed by atoms with Gasteiger partial charge in [0.05, 0.1) is 0 Å². The van der Waals surface area contributed by atoms with E-state index in [1.165, 1.54) is 0 Å². The molecule has 0 saturated carbocycles. The Hall–Kier alpha value is 2.04. The molecule has 0 fully saturated rings. The van der Waals surface area contributed by atoms with Crippen LogP contribution in [0.2, 0.25) is 0 Å². The maximum absolute atomic E-state index is 8.76. The molecule has 2 N–H and O–H groups in total. The standard InChI is InChI=1S/H2O3Se.Rb/c1-4(2)3;/h(H2,1,2,3);. The summed E-state index contributed by atoms with van der Waals surface area (Å²) in [6.07, 6.45) is 0. The first-order valence-electron chi connectivity index (χ1n) is 0.532. The summed E-state index contributed by atoms with van der Waals surface area (Å²) in [6.45, 7) is 0. The van der Waals surface area contributed by atoms with Gasteiger partial charge in [-0.1, -0.05) is 0 Å². The SMILES string of the molecule is O=[Se](O)O.[Rb]. The van der Waals surface area contributed by atoms with Crippen molar-refractivity contribution < 1.29 is 12.2 Å². The van der Waals surface area contributed by atoms with Gasteiger partial charge in [0, 0.05) is 58.2 Å². The van der Waals surface area contributed by atoms with Gasteiger partial charge in [-0.05, 0) is 0 Å². The van der Waals surface area contributed by atoms with Crippen LogP contribution in [0.5, 0.6) is 0 Å².